The van der Waals surface area contributed by atoms with Gasteiger partial charge in [-0.05, 0) is 12.1 Å². The lowest BCUT2D eigenvalue weighted by Gasteiger charge is -2.09. The second-order valence-electron chi connectivity index (χ2n) is 4.08. The summed E-state index contributed by atoms with van der Waals surface area (Å²) >= 11 is 6.07. The molecular formula is C14H13ClN2O4. The van der Waals surface area contributed by atoms with Crippen molar-refractivity contribution in [3.8, 4) is 5.75 Å². The van der Waals surface area contributed by atoms with E-state index in [1.54, 1.807) is 18.2 Å². The molecule has 0 atom stereocenters. The molecule has 21 heavy (non-hydrogen) atoms. The molecule has 0 aliphatic rings. The fraction of sp³-hybridized carbons (Fsp3) is 0.214. The summed E-state index contributed by atoms with van der Waals surface area (Å²) in [6.45, 7) is 1.99. The molecule has 0 spiro atoms. The van der Waals surface area contributed by atoms with Gasteiger partial charge >= 0.3 is 5.97 Å². The van der Waals surface area contributed by atoms with Crippen molar-refractivity contribution in [1.82, 2.24) is 10.1 Å². The van der Waals surface area contributed by atoms with Gasteiger partial charge in [-0.15, -0.1) is 0 Å². The number of ether oxygens (including phenoxy) is 1. The van der Waals surface area contributed by atoms with Crippen molar-refractivity contribution < 1.29 is 19.2 Å². The third kappa shape index (κ3) is 4.06. The predicted octanol–water partition coefficient (Wildman–Crippen LogP) is 2.96. The molecule has 1 aromatic heterocycles. The van der Waals surface area contributed by atoms with E-state index < -0.39 is 5.97 Å². The Hall–Kier alpha value is -2.34. The number of carboxylic acid groups (broad SMARTS) is 1. The lowest BCUT2D eigenvalue weighted by atomic mass is 10.2. The highest BCUT2D eigenvalue weighted by Gasteiger charge is 2.10. The number of benzene rings is 1. The van der Waals surface area contributed by atoms with Gasteiger partial charge in [0.1, 0.15) is 5.75 Å². The van der Waals surface area contributed by atoms with Crippen LogP contribution in [0.15, 0.2) is 28.8 Å². The molecule has 1 N–H and O–H groups in total. The highest BCUT2D eigenvalue weighted by atomic mass is 35.5. The zero-order valence-electron chi connectivity index (χ0n) is 11.2. The van der Waals surface area contributed by atoms with Gasteiger partial charge in [0, 0.05) is 18.1 Å². The third-order valence-corrected chi connectivity index (χ3v) is 2.86. The first-order chi connectivity index (χ1) is 10.1. The minimum atomic E-state index is -1.05. The molecule has 1 aromatic carbocycles. The van der Waals surface area contributed by atoms with Crippen LogP contribution in [-0.2, 0) is 17.8 Å². The van der Waals surface area contributed by atoms with Gasteiger partial charge in [0.15, 0.2) is 6.61 Å². The summed E-state index contributed by atoms with van der Waals surface area (Å²) in [7, 11) is 0. The molecule has 0 radical (unpaired) electrons. The van der Waals surface area contributed by atoms with Gasteiger partial charge in [-0.2, -0.15) is 4.98 Å². The second kappa shape index (κ2) is 6.90. The minimum absolute atomic E-state index is 0.0845. The number of hydrogen-bond acceptors (Lipinski definition) is 5. The predicted molar refractivity (Wildman–Crippen MR) is 76.1 cm³/mol. The topological polar surface area (TPSA) is 85.5 Å². The van der Waals surface area contributed by atoms with Crippen molar-refractivity contribution in [3.63, 3.8) is 0 Å². The number of para-hydroxylation sites is 1. The summed E-state index contributed by atoms with van der Waals surface area (Å²) in [5.74, 6) is 0.255. The number of halogens is 1. The van der Waals surface area contributed by atoms with Gasteiger partial charge in [-0.1, -0.05) is 35.8 Å². The van der Waals surface area contributed by atoms with Gasteiger partial charge in [0.2, 0.25) is 11.7 Å². The smallest absolute Gasteiger partial charge is 0.328 e. The zero-order valence-corrected chi connectivity index (χ0v) is 12.0. The van der Waals surface area contributed by atoms with Crippen LogP contribution >= 0.6 is 11.6 Å². The highest BCUT2D eigenvalue weighted by molar-refractivity contribution is 6.32. The lowest BCUT2D eigenvalue weighted by molar-refractivity contribution is -0.131. The largest absolute Gasteiger partial charge is 0.483 e. The summed E-state index contributed by atoms with van der Waals surface area (Å²) in [4.78, 5) is 14.7. The lowest BCUT2D eigenvalue weighted by Crippen LogP contribution is -2.00. The molecule has 0 saturated heterocycles. The second-order valence-corrected chi connectivity index (χ2v) is 4.48. The van der Waals surface area contributed by atoms with Crippen LogP contribution in [0.1, 0.15) is 24.2 Å². The third-order valence-electron chi connectivity index (χ3n) is 2.56. The van der Waals surface area contributed by atoms with E-state index in [0.717, 1.165) is 6.08 Å². The molecule has 6 nitrogen and oxygen atoms in total. The Kier molecular flexibility index (Phi) is 4.94. The number of hydrogen-bond donors (Lipinski definition) is 1. The number of carboxylic acids is 1. The monoisotopic (exact) mass is 308 g/mol. The maximum atomic E-state index is 10.6. The van der Waals surface area contributed by atoms with Gasteiger partial charge in [-0.25, -0.2) is 4.79 Å². The SMILES string of the molecule is CCc1nc(COc2c(Cl)cccc2/C=C/C(=O)O)no1. The van der Waals surface area contributed by atoms with Crippen molar-refractivity contribution in [1.29, 1.82) is 0 Å². The average Bonchev–Trinajstić information content (AvgIpc) is 2.92. The first kappa shape index (κ1) is 15.1. The van der Waals surface area contributed by atoms with Crippen LogP contribution < -0.4 is 4.74 Å². The van der Waals surface area contributed by atoms with E-state index in [-0.39, 0.29) is 6.61 Å². The first-order valence-electron chi connectivity index (χ1n) is 6.24. The Labute approximate surface area is 126 Å². The Morgan fingerprint density at radius 2 is 2.33 bits per heavy atom. The van der Waals surface area contributed by atoms with E-state index in [1.165, 1.54) is 6.08 Å². The summed E-state index contributed by atoms with van der Waals surface area (Å²) in [6.07, 6.45) is 3.07. The molecule has 0 amide bonds. The molecule has 7 heteroatoms. The molecule has 0 bridgehead atoms. The molecule has 2 rings (SSSR count). The van der Waals surface area contributed by atoms with E-state index >= 15 is 0 Å². The molecule has 0 fully saturated rings. The molecule has 110 valence electrons. The van der Waals surface area contributed by atoms with Crippen molar-refractivity contribution >= 4 is 23.6 Å². The maximum absolute atomic E-state index is 10.6. The van der Waals surface area contributed by atoms with Crippen molar-refractivity contribution in [2.75, 3.05) is 0 Å². The molecule has 2 aromatic rings. The number of aryl methyl sites for hydroxylation is 1. The number of nitrogens with zero attached hydrogens (tertiary/aromatic N) is 2. The summed E-state index contributed by atoms with van der Waals surface area (Å²) in [6, 6.07) is 5.07. The van der Waals surface area contributed by atoms with Crippen molar-refractivity contribution in [3.05, 3.63) is 46.6 Å². The quantitative estimate of drug-likeness (QED) is 0.826. The highest BCUT2D eigenvalue weighted by Crippen LogP contribution is 2.30. The Morgan fingerprint density at radius 1 is 1.52 bits per heavy atom. The van der Waals surface area contributed by atoms with Crippen LogP contribution in [0.25, 0.3) is 6.08 Å². The van der Waals surface area contributed by atoms with E-state index in [1.807, 2.05) is 6.92 Å². The van der Waals surface area contributed by atoms with Crippen LogP contribution in [0.3, 0.4) is 0 Å². The van der Waals surface area contributed by atoms with Crippen LogP contribution in [0.5, 0.6) is 5.75 Å². The van der Waals surface area contributed by atoms with E-state index in [4.69, 9.17) is 26.0 Å². The van der Waals surface area contributed by atoms with E-state index in [9.17, 15) is 4.79 Å². The summed E-state index contributed by atoms with van der Waals surface area (Å²) < 4.78 is 10.6. The van der Waals surface area contributed by atoms with Gasteiger partial charge < -0.3 is 14.4 Å². The zero-order chi connectivity index (χ0) is 15.2. The fourth-order valence-electron chi connectivity index (χ4n) is 1.60. The minimum Gasteiger partial charge on any atom is -0.483 e. The number of rotatable bonds is 6. The fourth-order valence-corrected chi connectivity index (χ4v) is 1.84. The first-order valence-corrected chi connectivity index (χ1v) is 6.61. The summed E-state index contributed by atoms with van der Waals surface area (Å²) in [5.41, 5.74) is 0.559. The summed E-state index contributed by atoms with van der Waals surface area (Å²) in [5, 5.41) is 12.8. The number of aliphatic carboxylic acids is 1. The molecule has 0 unspecified atom stereocenters. The average molecular weight is 309 g/mol. The normalized spacial score (nSPS) is 11.0. The number of aromatic nitrogens is 2. The maximum Gasteiger partial charge on any atom is 0.328 e. The van der Waals surface area contributed by atoms with Crippen LogP contribution in [-0.4, -0.2) is 21.2 Å². The van der Waals surface area contributed by atoms with Gasteiger partial charge in [0.25, 0.3) is 0 Å². The molecule has 0 aliphatic carbocycles. The van der Waals surface area contributed by atoms with Crippen LogP contribution in [0.4, 0.5) is 0 Å². The van der Waals surface area contributed by atoms with Gasteiger partial charge in [-0.3, -0.25) is 0 Å². The Morgan fingerprint density at radius 3 is 3.00 bits per heavy atom. The van der Waals surface area contributed by atoms with Gasteiger partial charge in [0.05, 0.1) is 5.02 Å². The number of carbonyl (C=O) groups is 1. The van der Waals surface area contributed by atoms with Crippen molar-refractivity contribution in [2.45, 2.75) is 20.0 Å². The van der Waals surface area contributed by atoms with Crippen LogP contribution in [0, 0.1) is 0 Å². The van der Waals surface area contributed by atoms with Crippen molar-refractivity contribution in [2.24, 2.45) is 0 Å². The Balaban J connectivity index is 2.16. The standard InChI is InChI=1S/C14H13ClN2O4/c1-2-12-16-11(17-21-12)8-20-14-9(6-7-13(18)19)4-3-5-10(14)15/h3-7H,2,8H2,1H3,(H,18,19)/b7-6+. The van der Waals surface area contributed by atoms with E-state index in [0.29, 0.717) is 34.5 Å². The van der Waals surface area contributed by atoms with Crippen LogP contribution in [0.2, 0.25) is 5.02 Å². The molecule has 1 heterocycles. The molecular weight excluding hydrogens is 296 g/mol. The Bertz CT molecular complexity index is 667. The van der Waals surface area contributed by atoms with E-state index in [2.05, 4.69) is 10.1 Å². The molecule has 0 aliphatic heterocycles. The molecule has 0 saturated carbocycles.